The topological polar surface area (TPSA) is 188 Å². The SMILES string of the molecule is CC.CC1CC(c2nncn2C)C1.CC1CC(c2nncn2C)C1.N#Cc1c(CN2CCCCC2)[nH]c2c(=O)n(-c3ccccc3)cc(C3CC3)c12.N#Cc1c[nH]c2c(=O)n(-c3ccccc3)cc(C(F)(F)F)c12. The van der Waals surface area contributed by atoms with Crippen LogP contribution in [-0.2, 0) is 26.8 Å². The number of alkyl halides is 3. The van der Waals surface area contributed by atoms with E-state index in [1.807, 2.05) is 73.6 Å². The molecular formula is C56H64F3N13O2. The van der Waals surface area contributed by atoms with Gasteiger partial charge < -0.3 is 19.1 Å². The molecule has 2 aromatic carbocycles. The van der Waals surface area contributed by atoms with Crippen LogP contribution in [0.4, 0.5) is 13.2 Å². The highest BCUT2D eigenvalue weighted by Crippen LogP contribution is 2.44. The first-order valence-corrected chi connectivity index (χ1v) is 25.7. The molecule has 4 aliphatic rings. The van der Waals surface area contributed by atoms with Crippen molar-refractivity contribution < 1.29 is 13.2 Å². The molecule has 18 heteroatoms. The van der Waals surface area contributed by atoms with Crippen molar-refractivity contribution in [3.8, 4) is 23.5 Å². The zero-order chi connectivity index (χ0) is 52.7. The lowest BCUT2D eigenvalue weighted by molar-refractivity contribution is -0.136. The van der Waals surface area contributed by atoms with Crippen LogP contribution < -0.4 is 11.1 Å². The number of H-pyrrole nitrogens is 2. The number of benzene rings is 2. The zero-order valence-electron chi connectivity index (χ0n) is 42.9. The van der Waals surface area contributed by atoms with Crippen molar-refractivity contribution >= 4 is 21.8 Å². The van der Waals surface area contributed by atoms with Crippen molar-refractivity contribution in [1.82, 2.24) is 53.5 Å². The Kier molecular flexibility index (Phi) is 16.5. The summed E-state index contributed by atoms with van der Waals surface area (Å²) in [5.41, 5.74) is 2.26. The molecule has 386 valence electrons. The van der Waals surface area contributed by atoms with Gasteiger partial charge in [0, 0.05) is 78.9 Å². The second kappa shape index (κ2) is 23.1. The lowest BCUT2D eigenvalue weighted by atomic mass is 9.76. The smallest absolute Gasteiger partial charge is 0.355 e. The molecule has 0 atom stereocenters. The maximum absolute atomic E-state index is 13.3. The molecule has 15 nitrogen and oxygen atoms in total. The Labute approximate surface area is 428 Å². The Morgan fingerprint density at radius 2 is 1.20 bits per heavy atom. The number of aromatic nitrogens is 10. The van der Waals surface area contributed by atoms with Gasteiger partial charge in [0.1, 0.15) is 47.5 Å². The van der Waals surface area contributed by atoms with Crippen LogP contribution >= 0.6 is 0 Å². The first-order valence-electron chi connectivity index (χ1n) is 25.7. The predicted molar refractivity (Wildman–Crippen MR) is 279 cm³/mol. The van der Waals surface area contributed by atoms with E-state index in [0.717, 1.165) is 88.7 Å². The summed E-state index contributed by atoms with van der Waals surface area (Å²) in [5.74, 6) is 5.89. The molecule has 2 N–H and O–H groups in total. The Balaban J connectivity index is 0.000000140. The molecule has 0 spiro atoms. The van der Waals surface area contributed by atoms with E-state index < -0.39 is 22.7 Å². The minimum absolute atomic E-state index is 0.0769. The minimum Gasteiger partial charge on any atom is -0.355 e. The quantitative estimate of drug-likeness (QED) is 0.157. The first kappa shape index (κ1) is 52.7. The zero-order valence-corrected chi connectivity index (χ0v) is 42.9. The fraction of sp³-hybridized carbons (Fsp3) is 0.429. The number of rotatable bonds is 7. The number of nitrogens with one attached hydrogen (secondary N) is 2. The lowest BCUT2D eigenvalue weighted by Gasteiger charge is -2.31. The molecule has 3 aliphatic carbocycles. The van der Waals surface area contributed by atoms with Gasteiger partial charge in [0.25, 0.3) is 11.1 Å². The van der Waals surface area contributed by atoms with Crippen LogP contribution in [0.3, 0.4) is 0 Å². The number of likely N-dealkylation sites (tertiary alicyclic amines) is 1. The maximum Gasteiger partial charge on any atom is 0.418 e. The van der Waals surface area contributed by atoms with Gasteiger partial charge in [0.05, 0.1) is 16.7 Å². The third-order valence-electron chi connectivity index (χ3n) is 14.3. The third-order valence-corrected chi connectivity index (χ3v) is 14.3. The average Bonchev–Trinajstić information content (AvgIpc) is 3.62. The molecule has 0 unspecified atom stereocenters. The average molecular weight is 1010 g/mol. The van der Waals surface area contributed by atoms with E-state index in [4.69, 9.17) is 5.26 Å². The number of aromatic amines is 2. The van der Waals surface area contributed by atoms with Gasteiger partial charge in [-0.2, -0.15) is 23.7 Å². The molecule has 74 heavy (non-hydrogen) atoms. The van der Waals surface area contributed by atoms with Crippen LogP contribution in [0.1, 0.15) is 143 Å². The van der Waals surface area contributed by atoms with Gasteiger partial charge in [-0.15, -0.1) is 20.4 Å². The van der Waals surface area contributed by atoms with E-state index in [0.29, 0.717) is 41.1 Å². The van der Waals surface area contributed by atoms with Crippen molar-refractivity contribution in [2.75, 3.05) is 13.1 Å². The summed E-state index contributed by atoms with van der Waals surface area (Å²) in [6, 6.07) is 21.8. The number of halogens is 3. The summed E-state index contributed by atoms with van der Waals surface area (Å²) in [6.07, 6.45) is 13.8. The minimum atomic E-state index is -4.68. The molecule has 12 rings (SSSR count). The van der Waals surface area contributed by atoms with Crippen LogP contribution in [-0.4, -0.2) is 66.6 Å². The van der Waals surface area contributed by atoms with Crippen molar-refractivity contribution in [2.45, 2.75) is 116 Å². The number of fused-ring (bicyclic) bond motifs is 2. The van der Waals surface area contributed by atoms with Crippen LogP contribution in [0.15, 0.2) is 101 Å². The number of aryl methyl sites for hydroxylation is 2. The Morgan fingerprint density at radius 3 is 1.65 bits per heavy atom. The molecule has 7 heterocycles. The molecule has 0 amide bonds. The molecule has 0 bridgehead atoms. The van der Waals surface area contributed by atoms with Gasteiger partial charge in [-0.1, -0.05) is 70.5 Å². The highest BCUT2D eigenvalue weighted by Gasteiger charge is 2.36. The van der Waals surface area contributed by atoms with Crippen molar-refractivity contribution in [1.29, 1.82) is 10.5 Å². The Morgan fingerprint density at radius 1 is 0.689 bits per heavy atom. The Hall–Kier alpha value is -7.57. The predicted octanol–water partition coefficient (Wildman–Crippen LogP) is 10.9. The number of para-hydroxylation sites is 2. The number of hydrogen-bond acceptors (Lipinski definition) is 9. The number of pyridine rings is 2. The van der Waals surface area contributed by atoms with Crippen LogP contribution in [0.25, 0.3) is 33.2 Å². The summed E-state index contributed by atoms with van der Waals surface area (Å²) in [5, 5.41) is 35.2. The van der Waals surface area contributed by atoms with E-state index in [1.165, 1.54) is 57.1 Å². The normalized spacial score (nSPS) is 19.1. The molecular weight excluding hydrogens is 944 g/mol. The van der Waals surface area contributed by atoms with Crippen molar-refractivity contribution in [3.63, 3.8) is 0 Å². The van der Waals surface area contributed by atoms with Crippen molar-refractivity contribution in [3.05, 3.63) is 152 Å². The van der Waals surface area contributed by atoms with Gasteiger partial charge in [0.15, 0.2) is 0 Å². The molecule has 3 saturated carbocycles. The molecule has 4 fully saturated rings. The molecule has 0 radical (unpaired) electrons. The third kappa shape index (κ3) is 11.5. The molecule has 1 saturated heterocycles. The standard InChI is InChI=1S/C23H24N4O.C15H8F3N3O.2C8H13N3.C2H6/c24-13-18-20(15-26-11-5-2-6-12-26)25-22-21(18)19(16-9-10-16)14-27(23(22)28)17-7-3-1-4-8-17;16-15(17,18)11-8-21(10-4-2-1-3-5-10)14(22)13-12(11)9(6-19)7-20-13;2*1-6-3-7(4-6)8-10-9-5-11(8)2;1-2/h1,3-4,7-8,14,16,25H,2,5-6,9-12,15H2;1-5,7-8,20H;2*5-7H,3-4H2,1-2H3;1-2H3. The summed E-state index contributed by atoms with van der Waals surface area (Å²) < 4.78 is 46.6. The van der Waals surface area contributed by atoms with E-state index >= 15 is 0 Å². The number of nitrogens with zero attached hydrogens (tertiary/aromatic N) is 11. The fourth-order valence-corrected chi connectivity index (χ4v) is 10.3. The van der Waals surface area contributed by atoms with Crippen LogP contribution in [0.2, 0.25) is 0 Å². The lowest BCUT2D eigenvalue weighted by Crippen LogP contribution is -2.29. The highest BCUT2D eigenvalue weighted by molar-refractivity contribution is 5.91. The van der Waals surface area contributed by atoms with Crippen LogP contribution in [0, 0.1) is 34.5 Å². The largest absolute Gasteiger partial charge is 0.418 e. The van der Waals surface area contributed by atoms with E-state index in [1.54, 1.807) is 41.5 Å². The summed E-state index contributed by atoms with van der Waals surface area (Å²) in [6.45, 7) is 11.4. The van der Waals surface area contributed by atoms with E-state index in [2.05, 4.69) is 55.2 Å². The van der Waals surface area contributed by atoms with Gasteiger partial charge in [-0.3, -0.25) is 23.6 Å². The summed E-state index contributed by atoms with van der Waals surface area (Å²) in [7, 11) is 4.02. The number of hydrogen-bond donors (Lipinski definition) is 2. The van der Waals surface area contributed by atoms with Gasteiger partial charge in [-0.25, -0.2) is 0 Å². The Bertz CT molecular complexity index is 3310. The first-order chi connectivity index (χ1) is 35.7. The van der Waals surface area contributed by atoms with Gasteiger partial charge in [-0.05, 0) is 112 Å². The fourth-order valence-electron chi connectivity index (χ4n) is 10.3. The number of piperidine rings is 1. The monoisotopic (exact) mass is 1010 g/mol. The molecule has 6 aromatic heterocycles. The van der Waals surface area contributed by atoms with Crippen LogP contribution in [0.5, 0.6) is 0 Å². The maximum atomic E-state index is 13.3. The molecule has 1 aliphatic heterocycles. The summed E-state index contributed by atoms with van der Waals surface area (Å²) in [4.78, 5) is 33.9. The van der Waals surface area contributed by atoms with Gasteiger partial charge in [0.2, 0.25) is 0 Å². The number of nitriles is 2. The van der Waals surface area contributed by atoms with Gasteiger partial charge >= 0.3 is 6.18 Å². The second-order valence-electron chi connectivity index (χ2n) is 19.8. The highest BCUT2D eigenvalue weighted by atomic mass is 19.4. The van der Waals surface area contributed by atoms with E-state index in [9.17, 15) is 28.0 Å². The van der Waals surface area contributed by atoms with Crippen molar-refractivity contribution in [2.24, 2.45) is 25.9 Å². The van der Waals surface area contributed by atoms with E-state index in [-0.39, 0.29) is 16.6 Å². The second-order valence-corrected chi connectivity index (χ2v) is 19.8. The summed E-state index contributed by atoms with van der Waals surface area (Å²) >= 11 is 0. The molecule has 8 aromatic rings.